The van der Waals surface area contributed by atoms with Crippen LogP contribution in [0, 0.1) is 5.41 Å². The van der Waals surface area contributed by atoms with E-state index >= 15 is 0 Å². The van der Waals surface area contributed by atoms with Crippen molar-refractivity contribution in [2.45, 2.75) is 37.1 Å². The molecule has 2 aliphatic heterocycles. The zero-order valence-corrected chi connectivity index (χ0v) is 21.2. The molecule has 37 heavy (non-hydrogen) atoms. The molecule has 0 aromatic heterocycles. The molecular formula is C31H31NO5. The predicted molar refractivity (Wildman–Crippen MR) is 139 cm³/mol. The van der Waals surface area contributed by atoms with Crippen molar-refractivity contribution in [1.82, 2.24) is 4.90 Å². The van der Waals surface area contributed by atoms with Gasteiger partial charge in [-0.15, -0.1) is 0 Å². The molecule has 6 heteroatoms. The van der Waals surface area contributed by atoms with Gasteiger partial charge in [-0.2, -0.15) is 0 Å². The van der Waals surface area contributed by atoms with E-state index in [1.54, 1.807) is 29.2 Å². The van der Waals surface area contributed by atoms with Crippen LogP contribution in [0.15, 0.2) is 84.9 Å². The number of hydrogen-bond donors (Lipinski definition) is 0. The van der Waals surface area contributed by atoms with Crippen molar-refractivity contribution in [2.75, 3.05) is 20.8 Å². The number of ether oxygens (including phenoxy) is 2. The molecule has 0 saturated carbocycles. The van der Waals surface area contributed by atoms with Crippen LogP contribution in [0.25, 0.3) is 0 Å². The molecule has 2 aliphatic rings. The summed E-state index contributed by atoms with van der Waals surface area (Å²) in [6.07, 6.45) is 2.63. The fourth-order valence-electron chi connectivity index (χ4n) is 6.71. The summed E-state index contributed by atoms with van der Waals surface area (Å²) < 4.78 is 10.7. The Morgan fingerprint density at radius 2 is 1.32 bits per heavy atom. The van der Waals surface area contributed by atoms with E-state index in [-0.39, 0.29) is 5.91 Å². The number of nitrogens with zero attached hydrogens (tertiary/aromatic N) is 1. The minimum Gasteiger partial charge on any atom is -0.468 e. The second kappa shape index (κ2) is 9.85. The number of benzene rings is 3. The van der Waals surface area contributed by atoms with Crippen molar-refractivity contribution in [3.8, 4) is 0 Å². The van der Waals surface area contributed by atoms with Crippen LogP contribution in [0.5, 0.6) is 0 Å². The van der Waals surface area contributed by atoms with E-state index in [1.165, 1.54) is 14.2 Å². The van der Waals surface area contributed by atoms with E-state index < -0.39 is 28.8 Å². The number of piperidine rings is 1. The topological polar surface area (TPSA) is 72.9 Å². The van der Waals surface area contributed by atoms with Gasteiger partial charge in [0.1, 0.15) is 0 Å². The maximum atomic E-state index is 14.0. The van der Waals surface area contributed by atoms with Gasteiger partial charge in [-0.1, -0.05) is 78.9 Å². The number of hydrogen-bond acceptors (Lipinski definition) is 5. The molecule has 1 atom stereocenters. The maximum Gasteiger partial charge on any atom is 0.330 e. The molecule has 2 heterocycles. The lowest BCUT2D eigenvalue weighted by molar-refractivity contribution is -0.172. The zero-order chi connectivity index (χ0) is 26.0. The predicted octanol–water partition coefficient (Wildman–Crippen LogP) is 4.36. The summed E-state index contributed by atoms with van der Waals surface area (Å²) in [6, 6.07) is 26.2. The molecule has 5 rings (SSSR count). The fourth-order valence-corrected chi connectivity index (χ4v) is 6.71. The van der Waals surface area contributed by atoms with Crippen LogP contribution < -0.4 is 0 Å². The SMILES string of the molecule is COC(=O)C1(C(=O)OC)c2ccccc2C(=O)N2CCCC(Cc3ccccc3)(Cc3ccccc3)C21. The van der Waals surface area contributed by atoms with Gasteiger partial charge >= 0.3 is 11.9 Å². The average molecular weight is 498 g/mol. The highest BCUT2D eigenvalue weighted by Crippen LogP contribution is 2.54. The molecule has 0 N–H and O–H groups in total. The number of rotatable bonds is 6. The lowest BCUT2D eigenvalue weighted by Crippen LogP contribution is -2.72. The molecule has 0 bridgehead atoms. The highest BCUT2D eigenvalue weighted by Gasteiger charge is 2.68. The van der Waals surface area contributed by atoms with E-state index in [1.807, 2.05) is 36.4 Å². The lowest BCUT2D eigenvalue weighted by Gasteiger charge is -2.58. The summed E-state index contributed by atoms with van der Waals surface area (Å²) >= 11 is 0. The van der Waals surface area contributed by atoms with E-state index in [0.717, 1.165) is 24.0 Å². The Balaban J connectivity index is 1.82. The Labute approximate surface area is 217 Å². The molecule has 0 aliphatic carbocycles. The molecule has 6 nitrogen and oxygen atoms in total. The fraction of sp³-hybridized carbons (Fsp3) is 0.323. The first-order chi connectivity index (χ1) is 18.0. The first-order valence-corrected chi connectivity index (χ1v) is 12.6. The molecule has 0 radical (unpaired) electrons. The number of carbonyl (C=O) groups is 3. The Morgan fingerprint density at radius 3 is 1.86 bits per heavy atom. The van der Waals surface area contributed by atoms with Crippen molar-refractivity contribution in [1.29, 1.82) is 0 Å². The lowest BCUT2D eigenvalue weighted by atomic mass is 9.54. The van der Waals surface area contributed by atoms with Crippen LogP contribution in [0.4, 0.5) is 0 Å². The van der Waals surface area contributed by atoms with Crippen LogP contribution in [0.1, 0.15) is 39.9 Å². The van der Waals surface area contributed by atoms with Gasteiger partial charge in [0, 0.05) is 17.5 Å². The first kappa shape index (κ1) is 24.8. The summed E-state index contributed by atoms with van der Waals surface area (Å²) in [6.45, 7) is 0.443. The summed E-state index contributed by atoms with van der Waals surface area (Å²) in [5.41, 5.74) is 0.382. The summed E-state index contributed by atoms with van der Waals surface area (Å²) in [4.78, 5) is 43.6. The largest absolute Gasteiger partial charge is 0.468 e. The van der Waals surface area contributed by atoms with Gasteiger partial charge in [0.2, 0.25) is 5.41 Å². The van der Waals surface area contributed by atoms with Crippen LogP contribution in [0.2, 0.25) is 0 Å². The molecule has 1 amide bonds. The Kier molecular flexibility index (Phi) is 6.59. The number of esters is 2. The molecule has 1 unspecified atom stereocenters. The van der Waals surface area contributed by atoms with Gasteiger partial charge in [-0.3, -0.25) is 14.4 Å². The Hall–Kier alpha value is -3.93. The minimum absolute atomic E-state index is 0.172. The minimum atomic E-state index is -1.82. The second-order valence-electron chi connectivity index (χ2n) is 10.0. The van der Waals surface area contributed by atoms with Gasteiger partial charge in [-0.25, -0.2) is 0 Å². The van der Waals surface area contributed by atoms with Gasteiger partial charge in [-0.05, 0) is 48.4 Å². The van der Waals surface area contributed by atoms with Crippen LogP contribution >= 0.6 is 0 Å². The molecule has 0 spiro atoms. The second-order valence-corrected chi connectivity index (χ2v) is 10.0. The molecule has 1 saturated heterocycles. The number of fused-ring (bicyclic) bond motifs is 2. The zero-order valence-electron chi connectivity index (χ0n) is 21.2. The molecule has 190 valence electrons. The summed E-state index contributed by atoms with van der Waals surface area (Å²) in [7, 11) is 2.57. The summed E-state index contributed by atoms with van der Waals surface area (Å²) in [5.74, 6) is -1.59. The maximum absolute atomic E-state index is 14.0. The molecule has 1 fully saturated rings. The monoisotopic (exact) mass is 497 g/mol. The van der Waals surface area contributed by atoms with Crippen molar-refractivity contribution < 1.29 is 23.9 Å². The summed E-state index contributed by atoms with van der Waals surface area (Å²) in [5, 5.41) is 0. The van der Waals surface area contributed by atoms with Crippen molar-refractivity contribution >= 4 is 17.8 Å². The smallest absolute Gasteiger partial charge is 0.330 e. The number of amides is 1. The van der Waals surface area contributed by atoms with E-state index in [4.69, 9.17) is 9.47 Å². The number of methoxy groups -OCH3 is 2. The van der Waals surface area contributed by atoms with Crippen LogP contribution in [-0.2, 0) is 37.3 Å². The Morgan fingerprint density at radius 1 is 0.811 bits per heavy atom. The van der Waals surface area contributed by atoms with E-state index in [9.17, 15) is 14.4 Å². The first-order valence-electron chi connectivity index (χ1n) is 12.6. The third-order valence-electron chi connectivity index (χ3n) is 8.03. The average Bonchev–Trinajstić information content (AvgIpc) is 2.94. The quantitative estimate of drug-likeness (QED) is 0.374. The van der Waals surface area contributed by atoms with Gasteiger partial charge in [0.25, 0.3) is 5.91 Å². The van der Waals surface area contributed by atoms with Gasteiger partial charge in [0.05, 0.1) is 20.3 Å². The number of carbonyl (C=O) groups excluding carboxylic acids is 3. The van der Waals surface area contributed by atoms with Crippen molar-refractivity contribution in [3.63, 3.8) is 0 Å². The highest BCUT2D eigenvalue weighted by molar-refractivity contribution is 6.13. The van der Waals surface area contributed by atoms with Gasteiger partial charge < -0.3 is 14.4 Å². The third kappa shape index (κ3) is 3.91. The normalized spacial score (nSPS) is 19.4. The molecule has 3 aromatic carbocycles. The van der Waals surface area contributed by atoms with Crippen molar-refractivity contribution in [3.05, 3.63) is 107 Å². The standard InChI is InChI=1S/C31H31NO5/c1-36-28(34)31(29(35)37-2)25-17-10-9-16-24(25)26(33)32-19-11-18-30(27(31)32,20-22-12-5-3-6-13-22)21-23-14-7-4-8-15-23/h3-10,12-17,27H,11,18-21H2,1-2H3. The Bertz CT molecular complexity index is 1250. The highest BCUT2D eigenvalue weighted by atomic mass is 16.5. The van der Waals surface area contributed by atoms with Crippen molar-refractivity contribution in [2.24, 2.45) is 5.41 Å². The third-order valence-corrected chi connectivity index (χ3v) is 8.03. The van der Waals surface area contributed by atoms with E-state index in [2.05, 4.69) is 24.3 Å². The molecule has 3 aromatic rings. The van der Waals surface area contributed by atoms with E-state index in [0.29, 0.717) is 30.5 Å². The molecular weight excluding hydrogens is 466 g/mol. The van der Waals surface area contributed by atoms with Crippen LogP contribution in [-0.4, -0.2) is 49.6 Å². The van der Waals surface area contributed by atoms with Gasteiger partial charge in [0.15, 0.2) is 0 Å². The van der Waals surface area contributed by atoms with Crippen LogP contribution in [0.3, 0.4) is 0 Å².